The van der Waals surface area contributed by atoms with Crippen LogP contribution in [-0.4, -0.2) is 17.2 Å². The van der Waals surface area contributed by atoms with Crippen molar-refractivity contribution in [3.8, 4) is 0 Å². The Balaban J connectivity index is 2.37. The molecule has 1 aromatic rings. The van der Waals surface area contributed by atoms with Gasteiger partial charge in [0.2, 0.25) is 0 Å². The highest BCUT2D eigenvalue weighted by Gasteiger charge is 2.01. The molecule has 1 aliphatic heterocycles. The fourth-order valence-electron chi connectivity index (χ4n) is 1.05. The molecule has 1 aromatic heterocycles. The van der Waals surface area contributed by atoms with Crippen molar-refractivity contribution < 1.29 is 0 Å². The Morgan fingerprint density at radius 3 is 2.91 bits per heavy atom. The fraction of sp³-hybridized carbons (Fsp3) is 0.111. The van der Waals surface area contributed by atoms with Crippen molar-refractivity contribution in [1.82, 2.24) is 4.98 Å². The monoisotopic (exact) mass is 144 g/mol. The van der Waals surface area contributed by atoms with Crippen molar-refractivity contribution in [2.45, 2.75) is 0 Å². The summed E-state index contributed by atoms with van der Waals surface area (Å²) < 4.78 is 0. The molecule has 0 saturated carbocycles. The number of hydrogen-bond acceptors (Lipinski definition) is 2. The normalized spacial score (nSPS) is 15.1. The van der Waals surface area contributed by atoms with Crippen LogP contribution >= 0.6 is 0 Å². The summed E-state index contributed by atoms with van der Waals surface area (Å²) in [7, 11) is 0. The predicted octanol–water partition coefficient (Wildman–Crippen LogP) is 1.44. The molecule has 0 radical (unpaired) electrons. The highest BCUT2D eigenvalue weighted by molar-refractivity contribution is 6.08. The van der Waals surface area contributed by atoms with E-state index >= 15 is 0 Å². The van der Waals surface area contributed by atoms with Crippen LogP contribution in [0.2, 0.25) is 0 Å². The Hall–Kier alpha value is -1.44. The molecule has 0 aliphatic carbocycles. The van der Waals surface area contributed by atoms with Gasteiger partial charge in [-0.15, -0.1) is 0 Å². The first-order valence-corrected chi connectivity index (χ1v) is 3.59. The van der Waals surface area contributed by atoms with E-state index in [1.165, 1.54) is 0 Å². The zero-order valence-corrected chi connectivity index (χ0v) is 6.07. The van der Waals surface area contributed by atoms with E-state index in [-0.39, 0.29) is 0 Å². The summed E-state index contributed by atoms with van der Waals surface area (Å²) in [4.78, 5) is 8.43. The fourth-order valence-corrected chi connectivity index (χ4v) is 1.05. The summed E-state index contributed by atoms with van der Waals surface area (Å²) in [5.41, 5.74) is 1.95. The van der Waals surface area contributed by atoms with E-state index in [1.807, 2.05) is 30.4 Å². The van der Waals surface area contributed by atoms with Gasteiger partial charge in [-0.3, -0.25) is 9.98 Å². The number of rotatable bonds is 1. The van der Waals surface area contributed by atoms with E-state index in [0.29, 0.717) is 0 Å². The highest BCUT2D eigenvalue weighted by Crippen LogP contribution is 2.02. The molecule has 2 heterocycles. The summed E-state index contributed by atoms with van der Waals surface area (Å²) >= 11 is 0. The first-order valence-electron chi connectivity index (χ1n) is 3.59. The molecular formula is C9H8N2. The van der Waals surface area contributed by atoms with Crippen LogP contribution in [0.15, 0.2) is 41.5 Å². The highest BCUT2D eigenvalue weighted by atomic mass is 14.8. The lowest BCUT2D eigenvalue weighted by molar-refractivity contribution is 1.25. The van der Waals surface area contributed by atoms with Crippen LogP contribution in [0, 0.1) is 0 Å². The summed E-state index contributed by atoms with van der Waals surface area (Å²) in [6, 6.07) is 5.84. The minimum absolute atomic E-state index is 0.798. The minimum Gasteiger partial charge on any atom is -0.279 e. The van der Waals surface area contributed by atoms with E-state index in [1.54, 1.807) is 6.20 Å². The standard InChI is InChI=1S/C9H8N2/c1-2-6-10-8(4-1)9-5-3-7-11-9/h1-6H,7H2. The van der Waals surface area contributed by atoms with E-state index in [9.17, 15) is 0 Å². The number of aromatic nitrogens is 1. The van der Waals surface area contributed by atoms with Crippen molar-refractivity contribution in [2.75, 3.05) is 6.54 Å². The molecular weight excluding hydrogens is 136 g/mol. The summed E-state index contributed by atoms with van der Waals surface area (Å²) in [5, 5.41) is 0. The third-order valence-electron chi connectivity index (χ3n) is 1.57. The number of hydrogen-bond donors (Lipinski definition) is 0. The maximum Gasteiger partial charge on any atom is 0.0881 e. The second kappa shape index (κ2) is 2.66. The molecule has 0 fully saturated rings. The molecule has 0 N–H and O–H groups in total. The van der Waals surface area contributed by atoms with Crippen molar-refractivity contribution in [2.24, 2.45) is 4.99 Å². The molecule has 11 heavy (non-hydrogen) atoms. The van der Waals surface area contributed by atoms with Gasteiger partial charge in [-0.25, -0.2) is 0 Å². The van der Waals surface area contributed by atoms with Gasteiger partial charge in [-0.05, 0) is 18.2 Å². The lowest BCUT2D eigenvalue weighted by Gasteiger charge is -1.94. The van der Waals surface area contributed by atoms with Crippen LogP contribution in [0.25, 0.3) is 0 Å². The number of allylic oxidation sites excluding steroid dienone is 1. The predicted molar refractivity (Wildman–Crippen MR) is 44.8 cm³/mol. The van der Waals surface area contributed by atoms with Gasteiger partial charge in [0.05, 0.1) is 18.0 Å². The Kier molecular flexibility index (Phi) is 1.52. The Morgan fingerprint density at radius 1 is 1.27 bits per heavy atom. The second-order valence-corrected chi connectivity index (χ2v) is 2.34. The maximum absolute atomic E-state index is 4.25. The topological polar surface area (TPSA) is 25.2 Å². The maximum atomic E-state index is 4.25. The molecule has 0 amide bonds. The molecule has 0 bridgehead atoms. The zero-order chi connectivity index (χ0) is 7.52. The van der Waals surface area contributed by atoms with Crippen molar-refractivity contribution in [3.05, 3.63) is 42.2 Å². The third kappa shape index (κ3) is 1.19. The van der Waals surface area contributed by atoms with Crippen LogP contribution in [0.1, 0.15) is 5.69 Å². The number of aliphatic imine (C=N–C) groups is 1. The molecule has 0 atom stereocenters. The lowest BCUT2D eigenvalue weighted by atomic mass is 10.2. The largest absolute Gasteiger partial charge is 0.279 e. The van der Waals surface area contributed by atoms with E-state index in [4.69, 9.17) is 0 Å². The van der Waals surface area contributed by atoms with Gasteiger partial charge < -0.3 is 0 Å². The minimum atomic E-state index is 0.798. The van der Waals surface area contributed by atoms with Crippen molar-refractivity contribution in [3.63, 3.8) is 0 Å². The average Bonchev–Trinajstić information content (AvgIpc) is 2.58. The van der Waals surface area contributed by atoms with Crippen molar-refractivity contribution in [1.29, 1.82) is 0 Å². The number of nitrogens with zero attached hydrogens (tertiary/aromatic N) is 2. The van der Waals surface area contributed by atoms with Crippen LogP contribution < -0.4 is 0 Å². The average molecular weight is 144 g/mol. The first kappa shape index (κ1) is 6.28. The molecule has 1 aliphatic rings. The SMILES string of the molecule is C1=CC(c2ccccn2)=NC1. The van der Waals surface area contributed by atoms with Gasteiger partial charge in [0.1, 0.15) is 0 Å². The zero-order valence-electron chi connectivity index (χ0n) is 6.07. The van der Waals surface area contributed by atoms with E-state index in [0.717, 1.165) is 18.0 Å². The molecule has 2 rings (SSSR count). The van der Waals surface area contributed by atoms with E-state index < -0.39 is 0 Å². The van der Waals surface area contributed by atoms with Gasteiger partial charge in [-0.1, -0.05) is 12.1 Å². The van der Waals surface area contributed by atoms with Crippen LogP contribution in [0.4, 0.5) is 0 Å². The van der Waals surface area contributed by atoms with Crippen molar-refractivity contribution >= 4 is 5.71 Å². The summed E-state index contributed by atoms with van der Waals surface area (Å²) in [5.74, 6) is 0. The van der Waals surface area contributed by atoms with Crippen LogP contribution in [0.5, 0.6) is 0 Å². The summed E-state index contributed by atoms with van der Waals surface area (Å²) in [6.07, 6.45) is 5.82. The van der Waals surface area contributed by atoms with Crippen LogP contribution in [-0.2, 0) is 0 Å². The quantitative estimate of drug-likeness (QED) is 0.585. The molecule has 0 spiro atoms. The van der Waals surface area contributed by atoms with Gasteiger partial charge >= 0.3 is 0 Å². The third-order valence-corrected chi connectivity index (χ3v) is 1.57. The van der Waals surface area contributed by atoms with Crippen LogP contribution in [0.3, 0.4) is 0 Å². The smallest absolute Gasteiger partial charge is 0.0881 e. The molecule has 2 heteroatoms. The van der Waals surface area contributed by atoms with Gasteiger partial charge in [0, 0.05) is 6.20 Å². The van der Waals surface area contributed by atoms with Gasteiger partial charge in [0.15, 0.2) is 0 Å². The molecule has 54 valence electrons. The van der Waals surface area contributed by atoms with Gasteiger partial charge in [-0.2, -0.15) is 0 Å². The number of pyridine rings is 1. The Bertz CT molecular complexity index is 299. The molecule has 0 saturated heterocycles. The first-order chi connectivity index (χ1) is 5.47. The molecule has 0 aromatic carbocycles. The Morgan fingerprint density at radius 2 is 2.27 bits per heavy atom. The molecule has 2 nitrogen and oxygen atoms in total. The lowest BCUT2D eigenvalue weighted by Crippen LogP contribution is -1.96. The van der Waals surface area contributed by atoms with E-state index in [2.05, 4.69) is 9.98 Å². The van der Waals surface area contributed by atoms with Gasteiger partial charge in [0.25, 0.3) is 0 Å². The molecule has 0 unspecified atom stereocenters. The second-order valence-electron chi connectivity index (χ2n) is 2.34. The summed E-state index contributed by atoms with van der Waals surface area (Å²) in [6.45, 7) is 0.798. The Labute approximate surface area is 65.3 Å².